The summed E-state index contributed by atoms with van der Waals surface area (Å²) in [6.07, 6.45) is 0.533. The van der Waals surface area contributed by atoms with Crippen molar-refractivity contribution in [1.29, 1.82) is 0 Å². The Morgan fingerprint density at radius 2 is 1.42 bits per heavy atom. The largest absolute Gasteiger partial charge is 0.385 e. The van der Waals surface area contributed by atoms with E-state index in [4.69, 9.17) is 4.74 Å². The number of nitrogens with one attached hydrogen (secondary N) is 2. The number of rotatable bonds is 9. The zero-order chi connectivity index (χ0) is 19.2. The van der Waals surface area contributed by atoms with Gasteiger partial charge < -0.3 is 4.74 Å². The van der Waals surface area contributed by atoms with Crippen LogP contribution in [0, 0.1) is 5.82 Å². The number of sulfonamides is 2. The zero-order valence-electron chi connectivity index (χ0n) is 14.0. The molecule has 142 valence electrons. The van der Waals surface area contributed by atoms with Crippen LogP contribution >= 0.6 is 0 Å². The summed E-state index contributed by atoms with van der Waals surface area (Å²) in [5, 5.41) is 0. The Morgan fingerprint density at radius 3 is 2.00 bits per heavy atom. The van der Waals surface area contributed by atoms with Gasteiger partial charge in [0.1, 0.15) is 5.82 Å². The van der Waals surface area contributed by atoms with Gasteiger partial charge in [0.2, 0.25) is 10.0 Å². The Hall–Kier alpha value is -2.01. The van der Waals surface area contributed by atoms with Crippen molar-refractivity contribution in [1.82, 2.24) is 4.72 Å². The minimum atomic E-state index is -3.89. The van der Waals surface area contributed by atoms with Crippen molar-refractivity contribution in [2.24, 2.45) is 0 Å². The van der Waals surface area contributed by atoms with Gasteiger partial charge in [-0.15, -0.1) is 0 Å². The van der Waals surface area contributed by atoms with Crippen molar-refractivity contribution >= 4 is 25.7 Å². The smallest absolute Gasteiger partial charge is 0.261 e. The van der Waals surface area contributed by atoms with Crippen molar-refractivity contribution in [2.45, 2.75) is 16.2 Å². The lowest BCUT2D eigenvalue weighted by atomic mass is 10.3. The van der Waals surface area contributed by atoms with Gasteiger partial charge in [-0.3, -0.25) is 4.72 Å². The van der Waals surface area contributed by atoms with Crippen LogP contribution in [0.2, 0.25) is 0 Å². The summed E-state index contributed by atoms with van der Waals surface area (Å²) >= 11 is 0. The van der Waals surface area contributed by atoms with Crippen LogP contribution in [0.5, 0.6) is 0 Å². The predicted molar refractivity (Wildman–Crippen MR) is 95.3 cm³/mol. The van der Waals surface area contributed by atoms with E-state index in [0.717, 1.165) is 24.3 Å². The monoisotopic (exact) mass is 402 g/mol. The van der Waals surface area contributed by atoms with Crippen molar-refractivity contribution in [3.8, 4) is 0 Å². The minimum absolute atomic E-state index is 0.0136. The fourth-order valence-corrected chi connectivity index (χ4v) is 4.17. The molecule has 0 aliphatic rings. The second kappa shape index (κ2) is 8.58. The molecule has 10 heteroatoms. The van der Waals surface area contributed by atoms with Gasteiger partial charge in [0.25, 0.3) is 10.0 Å². The van der Waals surface area contributed by atoms with Crippen LogP contribution in [0.15, 0.2) is 58.3 Å². The van der Waals surface area contributed by atoms with Crippen molar-refractivity contribution in [3.63, 3.8) is 0 Å². The number of halogens is 1. The highest BCUT2D eigenvalue weighted by molar-refractivity contribution is 7.92. The normalized spacial score (nSPS) is 12.1. The van der Waals surface area contributed by atoms with Gasteiger partial charge in [0, 0.05) is 25.9 Å². The molecule has 0 amide bonds. The first-order valence-corrected chi connectivity index (χ1v) is 10.6. The Labute approximate surface area is 152 Å². The van der Waals surface area contributed by atoms with E-state index >= 15 is 0 Å². The molecule has 0 atom stereocenters. The van der Waals surface area contributed by atoms with E-state index in [1.165, 1.54) is 31.4 Å². The first kappa shape index (κ1) is 20.3. The highest BCUT2D eigenvalue weighted by Crippen LogP contribution is 2.18. The predicted octanol–water partition coefficient (Wildman–Crippen LogP) is 1.94. The molecule has 0 spiro atoms. The summed E-state index contributed by atoms with van der Waals surface area (Å²) in [5.41, 5.74) is 0.188. The Kier molecular flexibility index (Phi) is 6.70. The number of ether oxygens (including phenoxy) is 1. The van der Waals surface area contributed by atoms with Gasteiger partial charge in [-0.25, -0.2) is 25.9 Å². The van der Waals surface area contributed by atoms with E-state index in [1.807, 2.05) is 0 Å². The molecule has 0 aliphatic heterocycles. The molecule has 7 nitrogen and oxygen atoms in total. The fourth-order valence-electron chi connectivity index (χ4n) is 2.04. The third-order valence-electron chi connectivity index (χ3n) is 3.36. The second-order valence-corrected chi connectivity index (χ2v) is 8.78. The first-order valence-electron chi connectivity index (χ1n) is 7.62. The molecule has 0 saturated heterocycles. The highest BCUT2D eigenvalue weighted by Gasteiger charge is 2.16. The summed E-state index contributed by atoms with van der Waals surface area (Å²) < 4.78 is 71.2. The van der Waals surface area contributed by atoms with Gasteiger partial charge in [-0.05, 0) is 55.0 Å². The molecule has 0 unspecified atom stereocenters. The third-order valence-corrected chi connectivity index (χ3v) is 6.23. The van der Waals surface area contributed by atoms with Gasteiger partial charge in [-0.1, -0.05) is 0 Å². The average Bonchev–Trinajstić information content (AvgIpc) is 2.59. The molecule has 0 heterocycles. The molecule has 2 aromatic carbocycles. The molecule has 26 heavy (non-hydrogen) atoms. The molecule has 0 bridgehead atoms. The third kappa shape index (κ3) is 5.49. The first-order chi connectivity index (χ1) is 12.2. The maximum absolute atomic E-state index is 12.9. The SMILES string of the molecule is COCCCNS(=O)(=O)c1ccc(NS(=O)(=O)c2ccc(F)cc2)cc1. The van der Waals surface area contributed by atoms with Gasteiger partial charge in [0.15, 0.2) is 0 Å². The van der Waals surface area contributed by atoms with Crippen molar-refractivity contribution < 1.29 is 26.0 Å². The lowest BCUT2D eigenvalue weighted by molar-refractivity contribution is 0.196. The molecule has 2 rings (SSSR count). The summed E-state index contributed by atoms with van der Waals surface area (Å²) in [5.74, 6) is -0.545. The van der Waals surface area contributed by atoms with E-state index in [1.54, 1.807) is 0 Å². The van der Waals surface area contributed by atoms with Gasteiger partial charge in [0.05, 0.1) is 9.79 Å². The van der Waals surface area contributed by atoms with E-state index in [-0.39, 0.29) is 22.0 Å². The second-order valence-electron chi connectivity index (χ2n) is 5.33. The highest BCUT2D eigenvalue weighted by atomic mass is 32.2. The van der Waals surface area contributed by atoms with Gasteiger partial charge >= 0.3 is 0 Å². The maximum atomic E-state index is 12.9. The van der Waals surface area contributed by atoms with Crippen LogP contribution in [0.4, 0.5) is 10.1 Å². The van der Waals surface area contributed by atoms with E-state index < -0.39 is 25.9 Å². The lowest BCUT2D eigenvalue weighted by Crippen LogP contribution is -2.25. The van der Waals surface area contributed by atoms with E-state index in [9.17, 15) is 21.2 Å². The molecule has 0 fully saturated rings. The summed E-state index contributed by atoms with van der Waals surface area (Å²) in [6, 6.07) is 9.62. The number of methoxy groups -OCH3 is 1. The molecule has 0 aromatic heterocycles. The van der Waals surface area contributed by atoms with E-state index in [2.05, 4.69) is 9.44 Å². The Morgan fingerprint density at radius 1 is 0.885 bits per heavy atom. The van der Waals surface area contributed by atoms with Crippen LogP contribution in [0.3, 0.4) is 0 Å². The van der Waals surface area contributed by atoms with E-state index in [0.29, 0.717) is 13.0 Å². The molecular formula is C16H19FN2O5S2. The Balaban J connectivity index is 2.08. The van der Waals surface area contributed by atoms with Crippen LogP contribution in [-0.2, 0) is 24.8 Å². The maximum Gasteiger partial charge on any atom is 0.261 e. The number of hydrogen-bond donors (Lipinski definition) is 2. The molecule has 2 aromatic rings. The number of hydrogen-bond acceptors (Lipinski definition) is 5. The summed E-state index contributed by atoms with van der Waals surface area (Å²) in [7, 11) is -6.05. The van der Waals surface area contributed by atoms with Crippen LogP contribution in [0.1, 0.15) is 6.42 Å². The molecule has 2 N–H and O–H groups in total. The minimum Gasteiger partial charge on any atom is -0.385 e. The number of benzene rings is 2. The van der Waals surface area contributed by atoms with Gasteiger partial charge in [-0.2, -0.15) is 0 Å². The molecular weight excluding hydrogens is 383 g/mol. The zero-order valence-corrected chi connectivity index (χ0v) is 15.6. The van der Waals surface area contributed by atoms with Crippen molar-refractivity contribution in [2.75, 3.05) is 25.0 Å². The fraction of sp³-hybridized carbons (Fsp3) is 0.250. The molecule has 0 radical (unpaired) electrons. The quantitative estimate of drug-likeness (QED) is 0.624. The van der Waals surface area contributed by atoms with Crippen LogP contribution in [0.25, 0.3) is 0 Å². The lowest BCUT2D eigenvalue weighted by Gasteiger charge is -2.10. The summed E-state index contributed by atoms with van der Waals surface area (Å²) in [4.78, 5) is -0.0879. The van der Waals surface area contributed by atoms with Crippen LogP contribution < -0.4 is 9.44 Å². The molecule has 0 aliphatic carbocycles. The Bertz CT molecular complexity index is 928. The number of anilines is 1. The van der Waals surface area contributed by atoms with Crippen molar-refractivity contribution in [3.05, 3.63) is 54.3 Å². The topological polar surface area (TPSA) is 102 Å². The molecule has 0 saturated carbocycles. The average molecular weight is 402 g/mol. The van der Waals surface area contributed by atoms with Crippen LogP contribution in [-0.4, -0.2) is 37.1 Å². The summed E-state index contributed by atoms with van der Waals surface area (Å²) in [6.45, 7) is 0.668. The standard InChI is InChI=1S/C16H19FN2O5S2/c1-24-12-2-11-18-25(20,21)15-9-5-14(6-10-15)19-26(22,23)16-7-3-13(17)4-8-16/h3-10,18-19H,2,11-12H2,1H3.